The third-order valence-corrected chi connectivity index (χ3v) is 3.86. The quantitative estimate of drug-likeness (QED) is 0.939. The Kier molecular flexibility index (Phi) is 3.49. The summed E-state index contributed by atoms with van der Waals surface area (Å²) in [7, 11) is 1.83. The molecule has 5 heteroatoms. The first-order valence-corrected chi connectivity index (χ1v) is 7.08. The summed E-state index contributed by atoms with van der Waals surface area (Å²) in [6.45, 7) is 0.819. The normalized spacial score (nSPS) is 14.3. The molecule has 1 aromatic carbocycles. The molecule has 0 aliphatic heterocycles. The second kappa shape index (κ2) is 5.29. The summed E-state index contributed by atoms with van der Waals surface area (Å²) in [5.74, 6) is 0.651. The molecule has 1 amide bonds. The molecule has 1 heterocycles. The number of aromatic amines is 1. The van der Waals surface area contributed by atoms with E-state index in [2.05, 4.69) is 10.2 Å². The zero-order valence-corrected chi connectivity index (χ0v) is 12.0. The van der Waals surface area contributed by atoms with Crippen molar-refractivity contribution in [3.63, 3.8) is 0 Å². The lowest BCUT2D eigenvalue weighted by atomic mass is 10.1. The molecule has 0 unspecified atom stereocenters. The third kappa shape index (κ3) is 2.70. The standard InChI is InChI=1S/C15H16ClN3O/c1-19(9-10-6-7-10)15(20)14-8-13(17-18-14)11-4-2-3-5-12(11)16/h2-5,8,10H,6-7,9H2,1H3,(H,17,18). The maximum atomic E-state index is 12.3. The number of hydrogen-bond donors (Lipinski definition) is 1. The fraction of sp³-hybridized carbons (Fsp3) is 0.333. The Hall–Kier alpha value is -1.81. The van der Waals surface area contributed by atoms with Crippen molar-refractivity contribution in [3.05, 3.63) is 41.0 Å². The highest BCUT2D eigenvalue weighted by Gasteiger charge is 2.26. The monoisotopic (exact) mass is 289 g/mol. The first-order chi connectivity index (χ1) is 9.65. The molecular formula is C15H16ClN3O. The third-order valence-electron chi connectivity index (χ3n) is 3.53. The first-order valence-electron chi connectivity index (χ1n) is 6.71. The highest BCUT2D eigenvalue weighted by atomic mass is 35.5. The number of carbonyl (C=O) groups excluding carboxylic acids is 1. The molecule has 0 atom stereocenters. The molecule has 1 saturated carbocycles. The van der Waals surface area contributed by atoms with Gasteiger partial charge in [0.25, 0.3) is 5.91 Å². The lowest BCUT2D eigenvalue weighted by Gasteiger charge is -2.15. The summed E-state index contributed by atoms with van der Waals surface area (Å²) < 4.78 is 0. The van der Waals surface area contributed by atoms with E-state index >= 15 is 0 Å². The fourth-order valence-corrected chi connectivity index (χ4v) is 2.45. The van der Waals surface area contributed by atoms with Crippen LogP contribution < -0.4 is 0 Å². The Labute approximate surface area is 122 Å². The van der Waals surface area contributed by atoms with Crippen LogP contribution in [0.1, 0.15) is 23.3 Å². The average Bonchev–Trinajstić information content (AvgIpc) is 3.12. The summed E-state index contributed by atoms with van der Waals surface area (Å²) in [6, 6.07) is 9.23. The summed E-state index contributed by atoms with van der Waals surface area (Å²) in [6.07, 6.45) is 2.46. The second-order valence-electron chi connectivity index (χ2n) is 5.28. The van der Waals surface area contributed by atoms with Crippen molar-refractivity contribution in [3.8, 4) is 11.3 Å². The summed E-state index contributed by atoms with van der Waals surface area (Å²) >= 11 is 6.14. The van der Waals surface area contributed by atoms with Gasteiger partial charge in [-0.3, -0.25) is 9.89 Å². The van der Waals surface area contributed by atoms with Crippen molar-refractivity contribution in [2.75, 3.05) is 13.6 Å². The van der Waals surface area contributed by atoms with Crippen LogP contribution in [0.4, 0.5) is 0 Å². The molecule has 0 saturated heterocycles. The van der Waals surface area contributed by atoms with Crippen molar-refractivity contribution < 1.29 is 4.79 Å². The van der Waals surface area contributed by atoms with Gasteiger partial charge in [0, 0.05) is 19.2 Å². The minimum absolute atomic E-state index is 0.0253. The van der Waals surface area contributed by atoms with Gasteiger partial charge in [0.05, 0.1) is 10.7 Å². The van der Waals surface area contributed by atoms with E-state index in [9.17, 15) is 4.79 Å². The van der Waals surface area contributed by atoms with Crippen LogP contribution >= 0.6 is 11.6 Å². The molecule has 0 radical (unpaired) electrons. The van der Waals surface area contributed by atoms with E-state index in [1.807, 2.05) is 31.3 Å². The lowest BCUT2D eigenvalue weighted by Crippen LogP contribution is -2.28. The van der Waals surface area contributed by atoms with Crippen LogP contribution in [-0.4, -0.2) is 34.6 Å². The van der Waals surface area contributed by atoms with Crippen LogP contribution in [0, 0.1) is 5.92 Å². The Morgan fingerprint density at radius 2 is 2.20 bits per heavy atom. The van der Waals surface area contributed by atoms with Crippen LogP contribution in [0.25, 0.3) is 11.3 Å². The molecule has 20 heavy (non-hydrogen) atoms. The number of benzene rings is 1. The number of carbonyl (C=O) groups is 1. The van der Waals surface area contributed by atoms with E-state index < -0.39 is 0 Å². The predicted molar refractivity (Wildman–Crippen MR) is 78.7 cm³/mol. The Morgan fingerprint density at radius 3 is 2.90 bits per heavy atom. The summed E-state index contributed by atoms with van der Waals surface area (Å²) in [5.41, 5.74) is 2.02. The zero-order chi connectivity index (χ0) is 14.1. The van der Waals surface area contributed by atoms with Crippen LogP contribution in [-0.2, 0) is 0 Å². The molecular weight excluding hydrogens is 274 g/mol. The molecule has 0 spiro atoms. The molecule has 104 valence electrons. The van der Waals surface area contributed by atoms with Crippen LogP contribution in [0.15, 0.2) is 30.3 Å². The fourth-order valence-electron chi connectivity index (χ4n) is 2.21. The molecule has 3 rings (SSSR count). The number of H-pyrrole nitrogens is 1. The Balaban J connectivity index is 1.79. The molecule has 1 N–H and O–H groups in total. The number of nitrogens with zero attached hydrogens (tertiary/aromatic N) is 2. The van der Waals surface area contributed by atoms with Crippen LogP contribution in [0.3, 0.4) is 0 Å². The van der Waals surface area contributed by atoms with Crippen molar-refractivity contribution in [2.24, 2.45) is 5.92 Å². The van der Waals surface area contributed by atoms with Crippen molar-refractivity contribution in [2.45, 2.75) is 12.8 Å². The number of halogens is 1. The number of rotatable bonds is 4. The molecule has 4 nitrogen and oxygen atoms in total. The van der Waals surface area contributed by atoms with E-state index in [-0.39, 0.29) is 5.91 Å². The molecule has 1 aliphatic rings. The number of hydrogen-bond acceptors (Lipinski definition) is 2. The highest BCUT2D eigenvalue weighted by molar-refractivity contribution is 6.33. The minimum Gasteiger partial charge on any atom is -0.340 e. The van der Waals surface area contributed by atoms with Gasteiger partial charge in [-0.1, -0.05) is 29.8 Å². The van der Waals surface area contributed by atoms with Crippen LogP contribution in [0.5, 0.6) is 0 Å². The maximum Gasteiger partial charge on any atom is 0.271 e. The molecule has 1 aromatic heterocycles. The average molecular weight is 290 g/mol. The topological polar surface area (TPSA) is 49.0 Å². The van der Waals surface area contributed by atoms with Gasteiger partial charge in [-0.15, -0.1) is 0 Å². The first kappa shape index (κ1) is 13.2. The second-order valence-corrected chi connectivity index (χ2v) is 5.68. The van der Waals surface area contributed by atoms with E-state index in [4.69, 9.17) is 11.6 Å². The van der Waals surface area contributed by atoms with E-state index in [0.29, 0.717) is 22.3 Å². The van der Waals surface area contributed by atoms with Gasteiger partial charge in [0.15, 0.2) is 0 Å². The molecule has 0 bridgehead atoms. The summed E-state index contributed by atoms with van der Waals surface area (Å²) in [5, 5.41) is 7.62. The lowest BCUT2D eigenvalue weighted by molar-refractivity contribution is 0.0783. The largest absolute Gasteiger partial charge is 0.340 e. The van der Waals surface area contributed by atoms with Gasteiger partial charge in [-0.05, 0) is 30.9 Å². The number of amides is 1. The smallest absolute Gasteiger partial charge is 0.271 e. The number of nitrogens with one attached hydrogen (secondary N) is 1. The number of aromatic nitrogens is 2. The molecule has 1 aliphatic carbocycles. The molecule has 1 fully saturated rings. The molecule has 2 aromatic rings. The van der Waals surface area contributed by atoms with Gasteiger partial charge in [-0.2, -0.15) is 5.10 Å². The highest BCUT2D eigenvalue weighted by Crippen LogP contribution is 2.30. The maximum absolute atomic E-state index is 12.3. The Bertz CT molecular complexity index is 634. The van der Waals surface area contributed by atoms with Gasteiger partial charge in [0.1, 0.15) is 5.69 Å². The van der Waals surface area contributed by atoms with Gasteiger partial charge >= 0.3 is 0 Å². The van der Waals surface area contributed by atoms with Gasteiger partial charge in [0.2, 0.25) is 0 Å². The van der Waals surface area contributed by atoms with Crippen LogP contribution in [0.2, 0.25) is 5.02 Å². The van der Waals surface area contributed by atoms with Gasteiger partial charge in [-0.25, -0.2) is 0 Å². The van der Waals surface area contributed by atoms with Crippen molar-refractivity contribution in [1.82, 2.24) is 15.1 Å². The van der Waals surface area contributed by atoms with Gasteiger partial charge < -0.3 is 4.90 Å². The van der Waals surface area contributed by atoms with Crippen molar-refractivity contribution >= 4 is 17.5 Å². The SMILES string of the molecule is CN(CC1CC1)C(=O)c1cc(-c2ccccc2Cl)n[nH]1. The Morgan fingerprint density at radius 1 is 1.45 bits per heavy atom. The van der Waals surface area contributed by atoms with E-state index in [1.165, 1.54) is 12.8 Å². The summed E-state index contributed by atoms with van der Waals surface area (Å²) in [4.78, 5) is 14.0. The predicted octanol–water partition coefficient (Wildman–Crippen LogP) is 3.21. The van der Waals surface area contributed by atoms with E-state index in [0.717, 1.165) is 12.1 Å². The van der Waals surface area contributed by atoms with Crippen molar-refractivity contribution in [1.29, 1.82) is 0 Å². The minimum atomic E-state index is -0.0253. The zero-order valence-electron chi connectivity index (χ0n) is 11.3. The van der Waals surface area contributed by atoms with E-state index in [1.54, 1.807) is 11.0 Å².